The summed E-state index contributed by atoms with van der Waals surface area (Å²) < 4.78 is 7.42. The maximum absolute atomic E-state index is 5.89. The van der Waals surface area contributed by atoms with Crippen LogP contribution >= 0.6 is 31.9 Å². The first-order valence-corrected chi connectivity index (χ1v) is 6.68. The van der Waals surface area contributed by atoms with Gasteiger partial charge in [-0.3, -0.25) is 4.98 Å². The predicted molar refractivity (Wildman–Crippen MR) is 77.1 cm³/mol. The fourth-order valence-electron chi connectivity index (χ4n) is 1.68. The molecule has 4 nitrogen and oxygen atoms in total. The molecule has 0 aliphatic rings. The van der Waals surface area contributed by atoms with Crippen LogP contribution < -0.4 is 5.73 Å². The highest BCUT2D eigenvalue weighted by atomic mass is 79.9. The number of benzene rings is 1. The lowest BCUT2D eigenvalue weighted by molar-refractivity contribution is 0.620. The van der Waals surface area contributed by atoms with Gasteiger partial charge in [0.05, 0.1) is 11.3 Å². The maximum atomic E-state index is 5.89. The van der Waals surface area contributed by atoms with E-state index in [0.717, 1.165) is 20.0 Å². The molecule has 0 atom stereocenters. The number of nitrogens with zero attached hydrogens (tertiary/aromatic N) is 2. The largest absolute Gasteiger partial charge is 0.434 e. The number of hydrogen-bond donors (Lipinski definition) is 1. The van der Waals surface area contributed by atoms with Crippen LogP contribution in [0.1, 0.15) is 0 Å². The van der Waals surface area contributed by atoms with Crippen molar-refractivity contribution in [3.05, 3.63) is 39.5 Å². The van der Waals surface area contributed by atoms with Crippen LogP contribution in [-0.2, 0) is 0 Å². The van der Waals surface area contributed by atoms with Crippen molar-refractivity contribution in [1.29, 1.82) is 0 Å². The predicted octanol–water partition coefficient (Wildman–Crippen LogP) is 4.00. The lowest BCUT2D eigenvalue weighted by atomic mass is 10.3. The second-order valence-corrected chi connectivity index (χ2v) is 5.59. The molecule has 0 fully saturated rings. The molecule has 0 saturated carbocycles. The quantitative estimate of drug-likeness (QED) is 0.659. The number of hydrogen-bond acceptors (Lipinski definition) is 4. The summed E-state index contributed by atoms with van der Waals surface area (Å²) in [6.45, 7) is 0. The molecule has 2 aromatic heterocycles. The van der Waals surface area contributed by atoms with Crippen LogP contribution in [0, 0.1) is 0 Å². The van der Waals surface area contributed by atoms with Gasteiger partial charge < -0.3 is 10.2 Å². The number of pyridine rings is 1. The van der Waals surface area contributed by atoms with E-state index in [1.54, 1.807) is 18.5 Å². The molecule has 0 amide bonds. The number of oxazole rings is 1. The Morgan fingerprint density at radius 2 is 1.89 bits per heavy atom. The summed E-state index contributed by atoms with van der Waals surface area (Å²) in [5, 5.41) is 0. The molecule has 0 bridgehead atoms. The summed E-state index contributed by atoms with van der Waals surface area (Å²) in [4.78, 5) is 8.49. The highest BCUT2D eigenvalue weighted by Crippen LogP contribution is 2.31. The molecule has 0 unspecified atom stereocenters. The minimum absolute atomic E-state index is 0.503. The van der Waals surface area contributed by atoms with Crippen LogP contribution in [0.3, 0.4) is 0 Å². The van der Waals surface area contributed by atoms with Gasteiger partial charge in [-0.2, -0.15) is 0 Å². The van der Waals surface area contributed by atoms with E-state index in [-0.39, 0.29) is 0 Å². The topological polar surface area (TPSA) is 64.9 Å². The van der Waals surface area contributed by atoms with Crippen molar-refractivity contribution in [2.45, 2.75) is 0 Å². The van der Waals surface area contributed by atoms with E-state index in [1.165, 1.54) is 0 Å². The Bertz CT molecular complexity index is 739. The van der Waals surface area contributed by atoms with Crippen molar-refractivity contribution in [1.82, 2.24) is 9.97 Å². The third kappa shape index (κ3) is 2.02. The van der Waals surface area contributed by atoms with Gasteiger partial charge >= 0.3 is 0 Å². The Morgan fingerprint density at radius 3 is 2.67 bits per heavy atom. The van der Waals surface area contributed by atoms with Gasteiger partial charge in [-0.05, 0) is 34.1 Å². The molecule has 18 heavy (non-hydrogen) atoms. The van der Waals surface area contributed by atoms with Crippen LogP contribution in [0.15, 0.2) is 44.0 Å². The molecular formula is C12H7Br2N3O. The van der Waals surface area contributed by atoms with Crippen LogP contribution in [0.5, 0.6) is 0 Å². The fourth-order valence-corrected chi connectivity index (χ4v) is 2.50. The van der Waals surface area contributed by atoms with Gasteiger partial charge in [0.1, 0.15) is 5.52 Å². The van der Waals surface area contributed by atoms with Gasteiger partial charge in [0.25, 0.3) is 0 Å². The molecule has 3 aromatic rings. The normalized spacial score (nSPS) is 11.0. The molecule has 2 heterocycles. The first-order valence-electron chi connectivity index (χ1n) is 5.10. The van der Waals surface area contributed by atoms with Crippen molar-refractivity contribution < 1.29 is 4.42 Å². The molecule has 6 heteroatoms. The highest BCUT2D eigenvalue weighted by molar-refractivity contribution is 9.10. The molecule has 90 valence electrons. The molecule has 2 N–H and O–H groups in total. The summed E-state index contributed by atoms with van der Waals surface area (Å²) in [6, 6.07) is 5.55. The molecule has 0 spiro atoms. The zero-order valence-corrected chi connectivity index (χ0v) is 12.2. The van der Waals surface area contributed by atoms with Crippen molar-refractivity contribution in [2.75, 3.05) is 5.73 Å². The zero-order valence-electron chi connectivity index (χ0n) is 9.02. The molecule has 0 radical (unpaired) electrons. The van der Waals surface area contributed by atoms with Crippen LogP contribution in [0.25, 0.3) is 22.6 Å². The Balaban J connectivity index is 2.22. The summed E-state index contributed by atoms with van der Waals surface area (Å²) in [5.41, 5.74) is 8.56. The Labute approximate surface area is 119 Å². The van der Waals surface area contributed by atoms with Crippen LogP contribution in [0.2, 0.25) is 0 Å². The number of rotatable bonds is 1. The van der Waals surface area contributed by atoms with E-state index in [2.05, 4.69) is 41.8 Å². The molecule has 0 aliphatic carbocycles. The van der Waals surface area contributed by atoms with E-state index in [4.69, 9.17) is 10.2 Å². The van der Waals surface area contributed by atoms with E-state index < -0.39 is 0 Å². The first-order chi connectivity index (χ1) is 8.63. The van der Waals surface area contributed by atoms with E-state index in [0.29, 0.717) is 17.2 Å². The average Bonchev–Trinajstić information content (AvgIpc) is 2.73. The number of halogens is 2. The van der Waals surface area contributed by atoms with E-state index in [9.17, 15) is 0 Å². The smallest absolute Gasteiger partial charge is 0.229 e. The zero-order chi connectivity index (χ0) is 12.7. The number of aromatic nitrogens is 2. The molecule has 1 aromatic carbocycles. The Morgan fingerprint density at radius 1 is 1.06 bits per heavy atom. The van der Waals surface area contributed by atoms with Crippen molar-refractivity contribution in [3.63, 3.8) is 0 Å². The fraction of sp³-hybridized carbons (Fsp3) is 0. The number of anilines is 1. The van der Waals surface area contributed by atoms with Crippen molar-refractivity contribution >= 4 is 48.6 Å². The van der Waals surface area contributed by atoms with Gasteiger partial charge in [-0.15, -0.1) is 0 Å². The molecule has 0 saturated heterocycles. The Kier molecular flexibility index (Phi) is 2.83. The van der Waals surface area contributed by atoms with Gasteiger partial charge in [0.2, 0.25) is 5.89 Å². The van der Waals surface area contributed by atoms with Crippen molar-refractivity contribution in [3.8, 4) is 11.5 Å². The summed E-state index contributed by atoms with van der Waals surface area (Å²) in [5.74, 6) is 0.503. The summed E-state index contributed by atoms with van der Waals surface area (Å²) in [7, 11) is 0. The third-order valence-electron chi connectivity index (χ3n) is 2.44. The van der Waals surface area contributed by atoms with Crippen molar-refractivity contribution in [2.24, 2.45) is 0 Å². The van der Waals surface area contributed by atoms with Crippen LogP contribution in [0.4, 0.5) is 5.69 Å². The number of nitrogen functional groups attached to an aromatic ring is 1. The van der Waals surface area contributed by atoms with Gasteiger partial charge in [-0.25, -0.2) is 4.98 Å². The highest BCUT2D eigenvalue weighted by Gasteiger charge is 2.11. The SMILES string of the molecule is Nc1cc(Br)cc2nc(-c3cncc(Br)c3)oc12. The second-order valence-electron chi connectivity index (χ2n) is 3.75. The first kappa shape index (κ1) is 11.7. The molecule has 3 rings (SSSR count). The van der Waals surface area contributed by atoms with E-state index >= 15 is 0 Å². The third-order valence-corrected chi connectivity index (χ3v) is 3.33. The standard InChI is InChI=1S/C12H7Br2N3O/c13-7-2-9(15)11-10(3-7)17-12(18-11)6-1-8(14)5-16-4-6/h1-5H,15H2. The molecular weight excluding hydrogens is 362 g/mol. The number of fused-ring (bicyclic) bond motifs is 1. The van der Waals surface area contributed by atoms with Gasteiger partial charge in [-0.1, -0.05) is 15.9 Å². The minimum atomic E-state index is 0.503. The Hall–Kier alpha value is -1.40. The lowest BCUT2D eigenvalue weighted by Crippen LogP contribution is -1.84. The maximum Gasteiger partial charge on any atom is 0.229 e. The minimum Gasteiger partial charge on any atom is -0.434 e. The monoisotopic (exact) mass is 367 g/mol. The molecule has 0 aliphatic heterocycles. The average molecular weight is 369 g/mol. The summed E-state index contributed by atoms with van der Waals surface area (Å²) in [6.07, 6.45) is 3.40. The van der Waals surface area contributed by atoms with Gasteiger partial charge in [0, 0.05) is 21.3 Å². The summed E-state index contributed by atoms with van der Waals surface area (Å²) >= 11 is 6.74. The lowest BCUT2D eigenvalue weighted by Gasteiger charge is -1.95. The van der Waals surface area contributed by atoms with Crippen LogP contribution in [-0.4, -0.2) is 9.97 Å². The second kappa shape index (κ2) is 4.37. The van der Waals surface area contributed by atoms with Gasteiger partial charge in [0.15, 0.2) is 5.58 Å². The van der Waals surface area contributed by atoms with E-state index in [1.807, 2.05) is 12.1 Å². The number of nitrogens with two attached hydrogens (primary N) is 1.